The van der Waals surface area contributed by atoms with Gasteiger partial charge in [-0.25, -0.2) is 0 Å². The van der Waals surface area contributed by atoms with Crippen LogP contribution in [0.15, 0.2) is 24.3 Å². The van der Waals surface area contributed by atoms with Gasteiger partial charge in [-0.15, -0.1) is 0 Å². The highest BCUT2D eigenvalue weighted by Gasteiger charge is 2.37. The van der Waals surface area contributed by atoms with E-state index in [0.717, 1.165) is 0 Å². The van der Waals surface area contributed by atoms with Crippen molar-refractivity contribution < 1.29 is 34.8 Å². The predicted molar refractivity (Wildman–Crippen MR) is 71.8 cm³/mol. The number of rotatable bonds is 3. The van der Waals surface area contributed by atoms with Gasteiger partial charge in [0.1, 0.15) is 24.4 Å². The predicted octanol–water partition coefficient (Wildman–Crippen LogP) is -0.916. The summed E-state index contributed by atoms with van der Waals surface area (Å²) in [5.41, 5.74) is 0.122. The van der Waals surface area contributed by atoms with E-state index in [4.69, 9.17) is 9.47 Å². The molecule has 0 bridgehead atoms. The van der Waals surface area contributed by atoms with Gasteiger partial charge in [0.05, 0.1) is 18.1 Å². The van der Waals surface area contributed by atoms with Crippen molar-refractivity contribution in [3.63, 3.8) is 0 Å². The number of benzene rings is 1. The number of non-ortho nitro benzene ring substituents is 1. The first-order valence-corrected chi connectivity index (χ1v) is 6.60. The van der Waals surface area contributed by atoms with Crippen molar-refractivity contribution in [3.05, 3.63) is 39.9 Å². The second-order valence-electron chi connectivity index (χ2n) is 4.92. The molecule has 1 aromatic carbocycles. The summed E-state index contributed by atoms with van der Waals surface area (Å²) in [6.45, 7) is -0.969. The Morgan fingerprint density at radius 3 is 2.64 bits per heavy atom. The van der Waals surface area contributed by atoms with Crippen LogP contribution in [-0.4, -0.2) is 63.0 Å². The van der Waals surface area contributed by atoms with Crippen LogP contribution in [-0.2, 0) is 9.47 Å². The zero-order valence-electron chi connectivity index (χ0n) is 11.5. The zero-order chi connectivity index (χ0) is 16.3. The average Bonchev–Trinajstić information content (AvgIpc) is 2.52. The molecule has 1 aromatic rings. The summed E-state index contributed by atoms with van der Waals surface area (Å²) in [5.74, 6) is 0. The van der Waals surface area contributed by atoms with Crippen LogP contribution in [0.5, 0.6) is 0 Å². The number of nitro benzene ring substituents is 1. The maximum Gasteiger partial charge on any atom is 0.269 e. The lowest BCUT2D eigenvalue weighted by Crippen LogP contribution is -2.51. The van der Waals surface area contributed by atoms with Crippen LogP contribution < -0.4 is 0 Å². The molecule has 122 valence electrons. The lowest BCUT2D eigenvalue weighted by molar-refractivity contribution is -0.385. The highest BCUT2D eigenvalue weighted by molar-refractivity contribution is 5.34. The molecule has 0 spiro atoms. The summed E-state index contributed by atoms with van der Waals surface area (Å²) in [4.78, 5) is 10.2. The van der Waals surface area contributed by atoms with Crippen molar-refractivity contribution in [1.29, 1.82) is 0 Å². The Morgan fingerprint density at radius 2 is 2.00 bits per heavy atom. The van der Waals surface area contributed by atoms with Crippen LogP contribution in [0.1, 0.15) is 11.9 Å². The Hall–Kier alpha value is -1.62. The highest BCUT2D eigenvalue weighted by Crippen LogP contribution is 2.28. The van der Waals surface area contributed by atoms with Gasteiger partial charge >= 0.3 is 0 Å². The van der Waals surface area contributed by atoms with Gasteiger partial charge in [-0.1, -0.05) is 12.1 Å². The fourth-order valence-corrected chi connectivity index (χ4v) is 2.12. The van der Waals surface area contributed by atoms with Crippen molar-refractivity contribution in [3.8, 4) is 0 Å². The van der Waals surface area contributed by atoms with Gasteiger partial charge in [-0.3, -0.25) is 10.1 Å². The van der Waals surface area contributed by atoms with E-state index in [-0.39, 0.29) is 12.3 Å². The van der Waals surface area contributed by atoms with Gasteiger partial charge in [0.25, 0.3) is 5.69 Å². The molecule has 1 saturated heterocycles. The summed E-state index contributed by atoms with van der Waals surface area (Å²) in [6.07, 6.45) is -6.79. The number of nitro groups is 1. The summed E-state index contributed by atoms with van der Waals surface area (Å²) in [5, 5.41) is 49.3. The van der Waals surface area contributed by atoms with E-state index < -0.39 is 42.2 Å². The fourth-order valence-electron chi connectivity index (χ4n) is 2.12. The van der Waals surface area contributed by atoms with E-state index in [9.17, 15) is 30.5 Å². The van der Waals surface area contributed by atoms with Crippen LogP contribution in [0.2, 0.25) is 0 Å². The highest BCUT2D eigenvalue weighted by atomic mass is 16.7. The molecule has 1 fully saturated rings. The number of hydrogen-bond acceptors (Lipinski definition) is 8. The zero-order valence-corrected chi connectivity index (χ0v) is 11.5. The standard InChI is InChI=1S/C13H17NO8/c15-5-10-12(18)11(17)9(16)6-21-13(22-10)7-2-1-3-8(4-7)14(19)20/h1-4,9-13,15-18H,5-6H2/t9-,10+,11+,12+,13?/m1/s1. The molecule has 1 aliphatic rings. The van der Waals surface area contributed by atoms with E-state index in [1.807, 2.05) is 0 Å². The van der Waals surface area contributed by atoms with E-state index in [1.54, 1.807) is 0 Å². The first kappa shape index (κ1) is 16.7. The summed E-state index contributed by atoms with van der Waals surface area (Å²) in [7, 11) is 0. The fraction of sp³-hybridized carbons (Fsp3) is 0.538. The molecule has 22 heavy (non-hydrogen) atoms. The summed E-state index contributed by atoms with van der Waals surface area (Å²) in [6, 6.07) is 5.48. The first-order valence-electron chi connectivity index (χ1n) is 6.60. The largest absolute Gasteiger partial charge is 0.394 e. The Bertz CT molecular complexity index is 525. The second-order valence-corrected chi connectivity index (χ2v) is 4.92. The third kappa shape index (κ3) is 3.58. The van der Waals surface area contributed by atoms with Crippen molar-refractivity contribution in [2.75, 3.05) is 13.2 Å². The third-order valence-electron chi connectivity index (χ3n) is 3.37. The third-order valence-corrected chi connectivity index (χ3v) is 3.37. The molecule has 0 amide bonds. The minimum absolute atomic E-state index is 0.173. The second kappa shape index (κ2) is 7.09. The van der Waals surface area contributed by atoms with Crippen molar-refractivity contribution in [2.45, 2.75) is 30.7 Å². The molecule has 1 aliphatic heterocycles. The molecule has 0 radical (unpaired) electrons. The minimum atomic E-state index is -1.54. The Kier molecular flexibility index (Phi) is 5.40. The van der Waals surface area contributed by atoms with Crippen molar-refractivity contribution >= 4 is 5.69 Å². The molecular weight excluding hydrogens is 298 g/mol. The van der Waals surface area contributed by atoms with Crippen LogP contribution in [0.25, 0.3) is 0 Å². The van der Waals surface area contributed by atoms with Crippen LogP contribution >= 0.6 is 0 Å². The minimum Gasteiger partial charge on any atom is -0.394 e. The van der Waals surface area contributed by atoms with Gasteiger partial charge < -0.3 is 29.9 Å². The maximum atomic E-state index is 10.8. The smallest absolute Gasteiger partial charge is 0.269 e. The topological polar surface area (TPSA) is 143 Å². The van der Waals surface area contributed by atoms with Gasteiger partial charge in [0.2, 0.25) is 0 Å². The van der Waals surface area contributed by atoms with Gasteiger partial charge in [-0.2, -0.15) is 0 Å². The maximum absolute atomic E-state index is 10.8. The van der Waals surface area contributed by atoms with Crippen molar-refractivity contribution in [2.24, 2.45) is 0 Å². The van der Waals surface area contributed by atoms with Crippen LogP contribution in [0.4, 0.5) is 5.69 Å². The van der Waals surface area contributed by atoms with E-state index in [2.05, 4.69) is 0 Å². The lowest BCUT2D eigenvalue weighted by atomic mass is 10.0. The Morgan fingerprint density at radius 1 is 1.27 bits per heavy atom. The number of nitrogens with zero attached hydrogens (tertiary/aromatic N) is 1. The molecule has 9 nitrogen and oxygen atoms in total. The van der Waals surface area contributed by atoms with Gasteiger partial charge in [-0.05, 0) is 0 Å². The molecule has 1 unspecified atom stereocenters. The lowest BCUT2D eigenvalue weighted by Gasteiger charge is -2.34. The summed E-state index contributed by atoms with van der Waals surface area (Å²) >= 11 is 0. The first-order chi connectivity index (χ1) is 10.4. The van der Waals surface area contributed by atoms with E-state index in [0.29, 0.717) is 5.56 Å². The molecule has 9 heteroatoms. The average molecular weight is 315 g/mol. The van der Waals surface area contributed by atoms with Crippen LogP contribution in [0, 0.1) is 10.1 Å². The molecule has 5 atom stereocenters. The van der Waals surface area contributed by atoms with Crippen LogP contribution in [0.3, 0.4) is 0 Å². The van der Waals surface area contributed by atoms with Gasteiger partial charge in [0, 0.05) is 17.7 Å². The Labute approximate surface area is 125 Å². The summed E-state index contributed by atoms with van der Waals surface area (Å²) < 4.78 is 10.7. The Balaban J connectivity index is 2.26. The number of aliphatic hydroxyl groups excluding tert-OH is 4. The SMILES string of the molecule is O=[N+]([O-])c1cccc(C2OC[C@@H](O)[C@H](O)[C@@H](O)[C@H](CO)O2)c1. The monoisotopic (exact) mass is 315 g/mol. The molecule has 4 N–H and O–H groups in total. The van der Waals surface area contributed by atoms with Crippen molar-refractivity contribution in [1.82, 2.24) is 0 Å². The number of ether oxygens (including phenoxy) is 2. The number of aliphatic hydroxyl groups is 4. The molecule has 2 rings (SSSR count). The molecule has 0 aromatic heterocycles. The molecule has 1 heterocycles. The van der Waals surface area contributed by atoms with E-state index in [1.165, 1.54) is 24.3 Å². The molecular formula is C13H17NO8. The molecule has 0 saturated carbocycles. The van der Waals surface area contributed by atoms with E-state index >= 15 is 0 Å². The quantitative estimate of drug-likeness (QED) is 0.414. The number of hydrogen-bond donors (Lipinski definition) is 4. The molecule has 0 aliphatic carbocycles. The normalized spacial score (nSPS) is 33.0. The van der Waals surface area contributed by atoms with Gasteiger partial charge in [0.15, 0.2) is 6.29 Å².